The van der Waals surface area contributed by atoms with Crippen LogP contribution in [0, 0.1) is 0 Å². The molecule has 0 atom stereocenters. The van der Waals surface area contributed by atoms with E-state index >= 15 is 0 Å². The Morgan fingerprint density at radius 1 is 0.260 bits per heavy atom. The van der Waals surface area contributed by atoms with Crippen molar-refractivity contribution in [2.24, 2.45) is 0 Å². The summed E-state index contributed by atoms with van der Waals surface area (Å²) >= 11 is 0. The molecule has 0 saturated heterocycles. The van der Waals surface area contributed by atoms with E-state index in [1.807, 2.05) is 0 Å². The van der Waals surface area contributed by atoms with Gasteiger partial charge in [-0.25, -0.2) is 0 Å². The van der Waals surface area contributed by atoms with Gasteiger partial charge in [0, 0.05) is 32.9 Å². The van der Waals surface area contributed by atoms with E-state index in [0.717, 1.165) is 5.69 Å². The molecule has 2 heterocycles. The molecule has 8 aromatic carbocycles. The number of para-hydroxylation sites is 2. The van der Waals surface area contributed by atoms with E-state index in [1.165, 1.54) is 82.7 Å². The lowest BCUT2D eigenvalue weighted by molar-refractivity contribution is 1.18. The molecule has 0 bridgehead atoms. The van der Waals surface area contributed by atoms with E-state index in [2.05, 4.69) is 203 Å². The van der Waals surface area contributed by atoms with Gasteiger partial charge in [-0.1, -0.05) is 133 Å². The second kappa shape index (κ2) is 11.5. The Labute approximate surface area is 290 Å². The minimum Gasteiger partial charge on any atom is -0.309 e. The van der Waals surface area contributed by atoms with Crippen LogP contribution in [0.3, 0.4) is 0 Å². The van der Waals surface area contributed by atoms with Crippen LogP contribution in [-0.4, -0.2) is 9.13 Å². The predicted octanol–water partition coefficient (Wildman–Crippen LogP) is 12.9. The van der Waals surface area contributed by atoms with Crippen molar-refractivity contribution in [2.75, 3.05) is 0 Å². The number of nitrogens with zero attached hydrogens (tertiary/aromatic N) is 2. The third kappa shape index (κ3) is 4.50. The van der Waals surface area contributed by atoms with Crippen molar-refractivity contribution >= 4 is 43.6 Å². The number of rotatable bonds is 5. The monoisotopic (exact) mass is 636 g/mol. The van der Waals surface area contributed by atoms with Gasteiger partial charge in [-0.15, -0.1) is 0 Å². The van der Waals surface area contributed by atoms with Crippen LogP contribution in [0.5, 0.6) is 0 Å². The maximum atomic E-state index is 2.43. The Bertz CT molecular complexity index is 2820. The van der Waals surface area contributed by atoms with Crippen LogP contribution >= 0.6 is 0 Å². The summed E-state index contributed by atoms with van der Waals surface area (Å²) < 4.78 is 4.81. The lowest BCUT2D eigenvalue weighted by atomic mass is 9.96. The molecule has 0 N–H and O–H groups in total. The zero-order valence-electron chi connectivity index (χ0n) is 27.4. The van der Waals surface area contributed by atoms with Crippen molar-refractivity contribution in [3.8, 4) is 44.8 Å². The molecule has 2 nitrogen and oxygen atoms in total. The molecule has 0 fully saturated rings. The topological polar surface area (TPSA) is 9.86 Å². The normalized spacial score (nSPS) is 11.6. The molecule has 10 rings (SSSR count). The van der Waals surface area contributed by atoms with Crippen LogP contribution in [0.4, 0.5) is 0 Å². The summed E-state index contributed by atoms with van der Waals surface area (Å²) in [5.74, 6) is 0. The molecule has 2 aromatic heterocycles. The predicted molar refractivity (Wildman–Crippen MR) is 211 cm³/mol. The highest BCUT2D eigenvalue weighted by Crippen LogP contribution is 2.42. The Morgan fingerprint density at radius 3 is 1.48 bits per heavy atom. The third-order valence-electron chi connectivity index (χ3n) is 10.1. The van der Waals surface area contributed by atoms with Gasteiger partial charge in [0.25, 0.3) is 0 Å². The first-order chi connectivity index (χ1) is 24.8. The third-order valence-corrected chi connectivity index (χ3v) is 10.1. The van der Waals surface area contributed by atoms with E-state index in [0.29, 0.717) is 0 Å². The van der Waals surface area contributed by atoms with Crippen molar-refractivity contribution in [3.05, 3.63) is 194 Å². The molecule has 0 saturated carbocycles. The average Bonchev–Trinajstić information content (AvgIpc) is 3.71. The molecule has 10 aromatic rings. The highest BCUT2D eigenvalue weighted by molar-refractivity contribution is 6.18. The van der Waals surface area contributed by atoms with Crippen LogP contribution in [0.15, 0.2) is 194 Å². The van der Waals surface area contributed by atoms with Crippen molar-refractivity contribution in [1.82, 2.24) is 9.13 Å². The zero-order chi connectivity index (χ0) is 33.0. The second-order valence-electron chi connectivity index (χ2n) is 13.0. The van der Waals surface area contributed by atoms with E-state index in [-0.39, 0.29) is 0 Å². The molecule has 0 unspecified atom stereocenters. The smallest absolute Gasteiger partial charge is 0.0547 e. The van der Waals surface area contributed by atoms with Crippen molar-refractivity contribution in [2.45, 2.75) is 0 Å². The fraction of sp³-hybridized carbons (Fsp3) is 0. The average molecular weight is 637 g/mol. The molecular weight excluding hydrogens is 605 g/mol. The first kappa shape index (κ1) is 28.4. The largest absolute Gasteiger partial charge is 0.309 e. The zero-order valence-corrected chi connectivity index (χ0v) is 27.4. The number of hydrogen-bond acceptors (Lipinski definition) is 0. The van der Waals surface area contributed by atoms with E-state index in [1.54, 1.807) is 0 Å². The fourth-order valence-corrected chi connectivity index (χ4v) is 7.83. The van der Waals surface area contributed by atoms with Crippen molar-refractivity contribution in [3.63, 3.8) is 0 Å². The van der Waals surface area contributed by atoms with Gasteiger partial charge in [-0.3, -0.25) is 0 Å². The highest BCUT2D eigenvalue weighted by Gasteiger charge is 2.19. The first-order valence-corrected chi connectivity index (χ1v) is 17.2. The van der Waals surface area contributed by atoms with Gasteiger partial charge >= 0.3 is 0 Å². The van der Waals surface area contributed by atoms with Crippen LogP contribution in [0.1, 0.15) is 0 Å². The first-order valence-electron chi connectivity index (χ1n) is 17.2. The van der Waals surface area contributed by atoms with Crippen LogP contribution < -0.4 is 0 Å². The lowest BCUT2D eigenvalue weighted by Gasteiger charge is -2.11. The highest BCUT2D eigenvalue weighted by atomic mass is 15.0. The van der Waals surface area contributed by atoms with Crippen molar-refractivity contribution in [1.29, 1.82) is 0 Å². The van der Waals surface area contributed by atoms with Crippen molar-refractivity contribution < 1.29 is 0 Å². The van der Waals surface area contributed by atoms with E-state index in [9.17, 15) is 0 Å². The van der Waals surface area contributed by atoms with Gasteiger partial charge in [0.2, 0.25) is 0 Å². The van der Waals surface area contributed by atoms with Gasteiger partial charge < -0.3 is 9.13 Å². The Morgan fingerprint density at radius 2 is 0.740 bits per heavy atom. The molecule has 50 heavy (non-hydrogen) atoms. The molecule has 0 aliphatic rings. The maximum Gasteiger partial charge on any atom is 0.0547 e. The van der Waals surface area contributed by atoms with Gasteiger partial charge in [-0.2, -0.15) is 0 Å². The summed E-state index contributed by atoms with van der Waals surface area (Å²) in [6, 6.07) is 70.4. The molecule has 0 spiro atoms. The molecule has 0 aliphatic carbocycles. The molecule has 234 valence electrons. The van der Waals surface area contributed by atoms with E-state index < -0.39 is 0 Å². The number of aromatic nitrogens is 2. The van der Waals surface area contributed by atoms with Crippen LogP contribution in [0.2, 0.25) is 0 Å². The van der Waals surface area contributed by atoms with Crippen LogP contribution in [-0.2, 0) is 0 Å². The lowest BCUT2D eigenvalue weighted by Crippen LogP contribution is -1.94. The standard InChI is InChI=1S/C48H32N2/c1-4-13-33(14-5-1)35-23-27-39(28-24-35)50-46-29-25-36(34-15-6-2-7-16-34)31-43(46)48-40(20-12-22-47(48)50)37-26-30-45-42(32-37)41-19-10-11-21-44(41)49(45)38-17-8-3-9-18-38/h1-32H. The summed E-state index contributed by atoms with van der Waals surface area (Å²) in [5.41, 5.74) is 14.4. The van der Waals surface area contributed by atoms with Crippen LogP contribution in [0.25, 0.3) is 88.4 Å². The van der Waals surface area contributed by atoms with Gasteiger partial charge in [0.05, 0.1) is 22.1 Å². The summed E-state index contributed by atoms with van der Waals surface area (Å²) in [7, 11) is 0. The second-order valence-corrected chi connectivity index (χ2v) is 13.0. The quantitative estimate of drug-likeness (QED) is 0.178. The number of hydrogen-bond donors (Lipinski definition) is 0. The van der Waals surface area contributed by atoms with Gasteiger partial charge in [0.15, 0.2) is 0 Å². The number of fused-ring (bicyclic) bond motifs is 6. The Hall–Kier alpha value is -6.64. The Balaban J connectivity index is 1.22. The summed E-state index contributed by atoms with van der Waals surface area (Å²) in [5, 5.41) is 5.02. The minimum atomic E-state index is 1.15. The minimum absolute atomic E-state index is 1.15. The van der Waals surface area contributed by atoms with Gasteiger partial charge in [0.1, 0.15) is 0 Å². The molecule has 0 amide bonds. The maximum absolute atomic E-state index is 2.43. The number of benzene rings is 8. The summed E-state index contributed by atoms with van der Waals surface area (Å²) in [6.45, 7) is 0. The Kier molecular flexibility index (Phi) is 6.53. The molecule has 0 radical (unpaired) electrons. The summed E-state index contributed by atoms with van der Waals surface area (Å²) in [6.07, 6.45) is 0. The molecular formula is C48H32N2. The SMILES string of the molecule is c1ccc(-c2ccc(-n3c4ccc(-c5ccccc5)cc4c4c(-c5ccc6c(c5)c5ccccc5n6-c5ccccc5)cccc43)cc2)cc1. The molecule has 2 heteroatoms. The fourth-order valence-electron chi connectivity index (χ4n) is 7.83. The summed E-state index contributed by atoms with van der Waals surface area (Å²) in [4.78, 5) is 0. The van der Waals surface area contributed by atoms with E-state index in [4.69, 9.17) is 0 Å². The van der Waals surface area contributed by atoms with Gasteiger partial charge in [-0.05, 0) is 94.0 Å². The molecule has 0 aliphatic heterocycles.